The van der Waals surface area contributed by atoms with E-state index in [-0.39, 0.29) is 0 Å². The molecule has 8 aliphatic rings. The van der Waals surface area contributed by atoms with E-state index in [0.29, 0.717) is 39.4 Å². The Hall–Kier alpha value is -6.38. The van der Waals surface area contributed by atoms with Crippen molar-refractivity contribution in [3.8, 4) is 62.5 Å². The fourth-order valence-electron chi connectivity index (χ4n) is 15.6. The highest BCUT2D eigenvalue weighted by molar-refractivity contribution is 6.12. The Bertz CT molecular complexity index is 3170. The largest absolute Gasteiger partial charge is 0.456 e. The molecule has 8 bridgehead atoms. The molecule has 0 unspecified atom stereocenters. The first kappa shape index (κ1) is 37.9. The number of nitriles is 1. The number of hydrogen-bond donors (Lipinski definition) is 0. The van der Waals surface area contributed by atoms with Crippen molar-refractivity contribution in [2.75, 3.05) is 0 Å². The summed E-state index contributed by atoms with van der Waals surface area (Å²) in [5.74, 6) is 7.46. The summed E-state index contributed by atoms with van der Waals surface area (Å²) in [7, 11) is 0. The zero-order valence-electron chi connectivity index (χ0n) is 36.8. The van der Waals surface area contributed by atoms with E-state index in [4.69, 9.17) is 19.4 Å². The second-order valence-electron chi connectivity index (χ2n) is 21.6. The topological polar surface area (TPSA) is 75.6 Å². The van der Waals surface area contributed by atoms with Crippen LogP contribution in [0.5, 0.6) is 0 Å². The Kier molecular flexibility index (Phi) is 8.35. The van der Waals surface area contributed by atoms with Crippen molar-refractivity contribution in [3.05, 3.63) is 150 Å². The molecule has 0 aliphatic heterocycles. The van der Waals surface area contributed by atoms with Gasteiger partial charge in [0.25, 0.3) is 0 Å². The third-order valence-electron chi connectivity index (χ3n) is 17.5. The zero-order chi connectivity index (χ0) is 42.9. The molecule has 2 heterocycles. The molecule has 0 amide bonds. The molecule has 318 valence electrons. The fraction of sp³-hybridized carbons (Fsp3) is 0.333. The summed E-state index contributed by atoms with van der Waals surface area (Å²) in [6, 6.07) is 50.4. The number of benzene rings is 6. The van der Waals surface area contributed by atoms with Crippen molar-refractivity contribution < 1.29 is 4.42 Å². The molecule has 8 aromatic rings. The van der Waals surface area contributed by atoms with Crippen LogP contribution in [-0.4, -0.2) is 15.0 Å². The average Bonchev–Trinajstić information content (AvgIpc) is 3.71. The van der Waals surface area contributed by atoms with Crippen LogP contribution < -0.4 is 0 Å². The SMILES string of the molecule is N#Cc1ccc2c(c1)oc1cccc(-c3cccc(-c4nc(-c5ccc(C67CC8C[C@H](C6)C[C@@H](C8)C7)cc5)nc(-c5ccccc5-c5ccc(C67CC8C[C@H](C6)C[C@@H](C8)C7)cc5)n4)c3)c12. The molecule has 0 saturated heterocycles. The molecular formula is C60H52N4O. The normalized spacial score (nSPS) is 28.3. The van der Waals surface area contributed by atoms with Crippen LogP contribution in [0.1, 0.15) is 93.7 Å². The Balaban J connectivity index is 0.874. The average molecular weight is 845 g/mol. The van der Waals surface area contributed by atoms with Gasteiger partial charge in [0.2, 0.25) is 0 Å². The monoisotopic (exact) mass is 844 g/mol. The summed E-state index contributed by atoms with van der Waals surface area (Å²) in [6.07, 6.45) is 16.8. The molecule has 8 aliphatic carbocycles. The quantitative estimate of drug-likeness (QED) is 0.160. The van der Waals surface area contributed by atoms with Crippen LogP contribution >= 0.6 is 0 Å². The summed E-state index contributed by atoms with van der Waals surface area (Å²) in [6.45, 7) is 0. The van der Waals surface area contributed by atoms with Gasteiger partial charge in [0, 0.05) is 27.5 Å². The summed E-state index contributed by atoms with van der Waals surface area (Å²) < 4.78 is 6.30. The summed E-state index contributed by atoms with van der Waals surface area (Å²) in [5.41, 5.74) is 13.2. The zero-order valence-corrected chi connectivity index (χ0v) is 36.8. The van der Waals surface area contributed by atoms with Gasteiger partial charge in [-0.15, -0.1) is 0 Å². The molecule has 2 aromatic heterocycles. The van der Waals surface area contributed by atoms with E-state index < -0.39 is 0 Å². The van der Waals surface area contributed by atoms with Crippen molar-refractivity contribution in [1.82, 2.24) is 15.0 Å². The van der Waals surface area contributed by atoms with E-state index in [0.717, 1.165) is 85.2 Å². The van der Waals surface area contributed by atoms with E-state index in [1.165, 1.54) is 88.2 Å². The van der Waals surface area contributed by atoms with Gasteiger partial charge in [0.05, 0.1) is 11.6 Å². The van der Waals surface area contributed by atoms with Crippen LogP contribution in [0.4, 0.5) is 0 Å². The van der Waals surface area contributed by atoms with E-state index in [2.05, 4.69) is 109 Å². The van der Waals surface area contributed by atoms with Gasteiger partial charge in [0.1, 0.15) is 11.2 Å². The predicted octanol–water partition coefficient (Wildman–Crippen LogP) is 14.9. The van der Waals surface area contributed by atoms with Gasteiger partial charge in [-0.25, -0.2) is 15.0 Å². The highest BCUT2D eigenvalue weighted by Gasteiger charge is 2.52. The van der Waals surface area contributed by atoms with Crippen LogP contribution in [0.3, 0.4) is 0 Å². The molecule has 6 aromatic carbocycles. The summed E-state index contributed by atoms with van der Waals surface area (Å²) >= 11 is 0. The molecule has 0 atom stereocenters. The van der Waals surface area contributed by atoms with Gasteiger partial charge >= 0.3 is 0 Å². The van der Waals surface area contributed by atoms with Gasteiger partial charge in [-0.1, -0.05) is 103 Å². The second-order valence-corrected chi connectivity index (χ2v) is 21.6. The number of fused-ring (bicyclic) bond motifs is 3. The number of rotatable bonds is 7. The lowest BCUT2D eigenvalue weighted by Crippen LogP contribution is -2.48. The summed E-state index contributed by atoms with van der Waals surface area (Å²) in [5, 5.41) is 11.6. The molecule has 16 rings (SSSR count). The van der Waals surface area contributed by atoms with Crippen molar-refractivity contribution in [1.29, 1.82) is 5.26 Å². The highest BCUT2D eigenvalue weighted by atomic mass is 16.3. The van der Waals surface area contributed by atoms with Gasteiger partial charge in [-0.05, 0) is 187 Å². The molecule has 5 heteroatoms. The molecule has 0 N–H and O–H groups in total. The minimum absolute atomic E-state index is 0.328. The molecule has 8 saturated carbocycles. The van der Waals surface area contributed by atoms with E-state index in [9.17, 15) is 5.26 Å². The Morgan fingerprint density at radius 2 is 0.938 bits per heavy atom. The van der Waals surface area contributed by atoms with Gasteiger partial charge in [-0.2, -0.15) is 5.26 Å². The van der Waals surface area contributed by atoms with Crippen LogP contribution in [0.25, 0.3) is 78.4 Å². The first-order valence-electron chi connectivity index (χ1n) is 24.5. The fourth-order valence-corrected chi connectivity index (χ4v) is 15.6. The molecule has 65 heavy (non-hydrogen) atoms. The summed E-state index contributed by atoms with van der Waals surface area (Å²) in [4.78, 5) is 16.0. The van der Waals surface area contributed by atoms with Crippen molar-refractivity contribution >= 4 is 21.9 Å². The molecule has 0 radical (unpaired) electrons. The maximum absolute atomic E-state index is 9.59. The Morgan fingerprint density at radius 1 is 0.431 bits per heavy atom. The van der Waals surface area contributed by atoms with Gasteiger partial charge in [0.15, 0.2) is 17.5 Å². The minimum Gasteiger partial charge on any atom is -0.456 e. The number of aromatic nitrogens is 3. The van der Waals surface area contributed by atoms with Crippen LogP contribution in [0.2, 0.25) is 0 Å². The Labute approximate surface area is 381 Å². The number of hydrogen-bond acceptors (Lipinski definition) is 5. The van der Waals surface area contributed by atoms with Gasteiger partial charge in [-0.3, -0.25) is 0 Å². The molecular weight excluding hydrogens is 793 g/mol. The number of furan rings is 1. The highest BCUT2D eigenvalue weighted by Crippen LogP contribution is 2.62. The van der Waals surface area contributed by atoms with E-state index in [1.807, 2.05) is 30.3 Å². The Morgan fingerprint density at radius 3 is 1.54 bits per heavy atom. The maximum Gasteiger partial charge on any atom is 0.164 e. The third-order valence-corrected chi connectivity index (χ3v) is 17.5. The predicted molar refractivity (Wildman–Crippen MR) is 259 cm³/mol. The smallest absolute Gasteiger partial charge is 0.164 e. The van der Waals surface area contributed by atoms with Crippen molar-refractivity contribution in [2.45, 2.75) is 87.9 Å². The standard InChI is InChI=1S/C60H52N4O/c61-35-36-11-20-52-54(27-36)65-53-10-4-9-50(55(52)53)45-5-3-6-46(28-45)57-62-56(44-14-18-48(19-15-44)60-32-40-24-41(33-60)26-42(25-40)34-60)63-58(64-57)51-8-2-1-7-49(51)43-12-16-47(17-13-43)59-29-37-21-38(30-59)23-39(22-37)31-59/h1-20,27-28,37-42H,21-26,29-34H2/t37-,38+,39?,40-,41+,42?,59?,60?. The lowest BCUT2D eigenvalue weighted by Gasteiger charge is -2.57. The van der Waals surface area contributed by atoms with Crippen molar-refractivity contribution in [3.63, 3.8) is 0 Å². The molecule has 5 nitrogen and oxygen atoms in total. The van der Waals surface area contributed by atoms with Crippen LogP contribution in [-0.2, 0) is 10.8 Å². The number of nitrogens with zero attached hydrogens (tertiary/aromatic N) is 4. The first-order valence-corrected chi connectivity index (χ1v) is 24.5. The van der Waals surface area contributed by atoms with Gasteiger partial charge < -0.3 is 4.42 Å². The van der Waals surface area contributed by atoms with E-state index in [1.54, 1.807) is 5.56 Å². The minimum atomic E-state index is 0.328. The third kappa shape index (κ3) is 6.20. The first-order chi connectivity index (χ1) is 31.9. The molecule has 0 spiro atoms. The van der Waals surface area contributed by atoms with Crippen LogP contribution in [0.15, 0.2) is 138 Å². The second kappa shape index (κ2) is 14.3. The lowest BCUT2D eigenvalue weighted by atomic mass is 9.48. The van der Waals surface area contributed by atoms with Crippen LogP contribution in [0, 0.1) is 46.8 Å². The maximum atomic E-state index is 9.59. The van der Waals surface area contributed by atoms with E-state index >= 15 is 0 Å². The van der Waals surface area contributed by atoms with Crippen molar-refractivity contribution in [2.24, 2.45) is 35.5 Å². The lowest BCUT2D eigenvalue weighted by molar-refractivity contribution is -0.00530. The molecule has 8 fully saturated rings.